The molecule has 4 aromatic rings. The Morgan fingerprint density at radius 2 is 1.76 bits per heavy atom. The zero-order valence-corrected chi connectivity index (χ0v) is 18.6. The molecule has 2 N–H and O–H groups in total. The molecular weight excluding hydrogens is 442 g/mol. The summed E-state index contributed by atoms with van der Waals surface area (Å²) >= 11 is 6.09. The second kappa shape index (κ2) is 9.18. The number of aromatic nitrogens is 2. The first kappa shape index (κ1) is 22.1. The summed E-state index contributed by atoms with van der Waals surface area (Å²) in [6, 6.07) is 18.6. The van der Waals surface area contributed by atoms with Crippen LogP contribution in [0.15, 0.2) is 77.7 Å². The van der Waals surface area contributed by atoms with Gasteiger partial charge in [-0.2, -0.15) is 9.78 Å². The third-order valence-corrected chi connectivity index (χ3v) is 5.03. The molecule has 1 aromatic heterocycles. The molecular formula is C25H20ClN3O4. The van der Waals surface area contributed by atoms with Crippen LogP contribution >= 0.6 is 11.6 Å². The number of carboxylic acids is 1. The number of nitrogens with one attached hydrogen (secondary N) is 1. The van der Waals surface area contributed by atoms with Crippen LogP contribution in [0.4, 0.5) is 11.4 Å². The van der Waals surface area contributed by atoms with E-state index in [1.165, 1.54) is 23.0 Å². The monoisotopic (exact) mass is 461 g/mol. The van der Waals surface area contributed by atoms with Crippen LogP contribution in [-0.2, 0) is 0 Å². The molecule has 0 aliphatic heterocycles. The second-order valence-corrected chi connectivity index (χ2v) is 7.95. The Balaban J connectivity index is 1.83. The second-order valence-electron chi connectivity index (χ2n) is 7.52. The van der Waals surface area contributed by atoms with Crippen molar-refractivity contribution >= 4 is 28.9 Å². The number of anilines is 2. The molecule has 4 rings (SSSR count). The van der Waals surface area contributed by atoms with E-state index in [2.05, 4.69) is 10.4 Å². The predicted molar refractivity (Wildman–Crippen MR) is 128 cm³/mol. The maximum atomic E-state index is 13.4. The zero-order valence-electron chi connectivity index (χ0n) is 17.9. The number of halogens is 1. The number of ether oxygens (including phenoxy) is 1. The third-order valence-electron chi connectivity index (χ3n) is 4.80. The van der Waals surface area contributed by atoms with Crippen molar-refractivity contribution in [2.45, 2.75) is 13.8 Å². The van der Waals surface area contributed by atoms with E-state index >= 15 is 0 Å². The summed E-state index contributed by atoms with van der Waals surface area (Å²) in [6.07, 6.45) is 1.43. The summed E-state index contributed by atoms with van der Waals surface area (Å²) < 4.78 is 7.23. The van der Waals surface area contributed by atoms with Gasteiger partial charge in [0.05, 0.1) is 17.4 Å². The summed E-state index contributed by atoms with van der Waals surface area (Å²) in [4.78, 5) is 24.8. The van der Waals surface area contributed by atoms with E-state index in [4.69, 9.17) is 16.3 Å². The number of aromatic carboxylic acids is 1. The normalized spacial score (nSPS) is 10.6. The van der Waals surface area contributed by atoms with Crippen molar-refractivity contribution in [1.82, 2.24) is 9.78 Å². The zero-order chi connectivity index (χ0) is 23.5. The summed E-state index contributed by atoms with van der Waals surface area (Å²) in [5.74, 6) is -0.322. The van der Waals surface area contributed by atoms with Gasteiger partial charge in [-0.05, 0) is 73.5 Å². The Kier molecular flexibility index (Phi) is 6.15. The Labute approximate surface area is 194 Å². The highest BCUT2D eigenvalue weighted by Crippen LogP contribution is 2.30. The Bertz CT molecular complexity index is 1390. The molecule has 0 saturated heterocycles. The molecule has 0 radical (unpaired) electrons. The van der Waals surface area contributed by atoms with E-state index in [1.54, 1.807) is 36.4 Å². The first-order chi connectivity index (χ1) is 15.8. The van der Waals surface area contributed by atoms with Gasteiger partial charge >= 0.3 is 5.97 Å². The van der Waals surface area contributed by atoms with E-state index in [0.717, 1.165) is 11.1 Å². The predicted octanol–water partition coefficient (Wildman–Crippen LogP) is 5.74. The molecule has 0 atom stereocenters. The lowest BCUT2D eigenvalue weighted by atomic mass is 10.1. The molecule has 0 amide bonds. The minimum absolute atomic E-state index is 0.0843. The highest BCUT2D eigenvalue weighted by atomic mass is 35.5. The van der Waals surface area contributed by atoms with Crippen LogP contribution in [0, 0.1) is 13.8 Å². The van der Waals surface area contributed by atoms with Crippen molar-refractivity contribution in [2.75, 3.05) is 5.32 Å². The van der Waals surface area contributed by atoms with Crippen LogP contribution in [0.3, 0.4) is 0 Å². The molecule has 3 aromatic carbocycles. The summed E-state index contributed by atoms with van der Waals surface area (Å²) in [6.45, 7) is 3.90. The number of hydrogen-bond donors (Lipinski definition) is 2. The number of carbonyl (C=O) groups is 1. The first-order valence-corrected chi connectivity index (χ1v) is 10.4. The smallest absolute Gasteiger partial charge is 0.335 e. The fraction of sp³-hybridized carbons (Fsp3) is 0.0800. The van der Waals surface area contributed by atoms with E-state index < -0.39 is 11.5 Å². The van der Waals surface area contributed by atoms with Crippen molar-refractivity contribution in [3.8, 4) is 17.2 Å². The van der Waals surface area contributed by atoms with Gasteiger partial charge in [-0.25, -0.2) is 4.79 Å². The first-order valence-electron chi connectivity index (χ1n) is 10.0. The lowest BCUT2D eigenvalue weighted by Gasteiger charge is -2.15. The van der Waals surface area contributed by atoms with Crippen LogP contribution in [0.2, 0.25) is 5.02 Å². The number of hydrogen-bond acceptors (Lipinski definition) is 5. The van der Waals surface area contributed by atoms with Gasteiger partial charge in [0, 0.05) is 10.7 Å². The molecule has 0 unspecified atom stereocenters. The van der Waals surface area contributed by atoms with Crippen LogP contribution in [0.1, 0.15) is 21.5 Å². The number of benzene rings is 3. The Morgan fingerprint density at radius 1 is 1.03 bits per heavy atom. The van der Waals surface area contributed by atoms with E-state index in [1.807, 2.05) is 32.0 Å². The van der Waals surface area contributed by atoms with Crippen molar-refractivity contribution in [1.29, 1.82) is 0 Å². The topological polar surface area (TPSA) is 93.5 Å². The van der Waals surface area contributed by atoms with Gasteiger partial charge < -0.3 is 15.2 Å². The number of aryl methyl sites for hydroxylation is 2. The van der Waals surface area contributed by atoms with E-state index in [9.17, 15) is 14.7 Å². The largest absolute Gasteiger partial charge is 0.478 e. The minimum Gasteiger partial charge on any atom is -0.478 e. The van der Waals surface area contributed by atoms with Crippen molar-refractivity contribution in [2.24, 2.45) is 0 Å². The average Bonchev–Trinajstić information content (AvgIpc) is 2.76. The summed E-state index contributed by atoms with van der Waals surface area (Å²) in [5, 5.41) is 17.0. The molecule has 1 heterocycles. The molecule has 0 fully saturated rings. The fourth-order valence-electron chi connectivity index (χ4n) is 3.42. The lowest BCUT2D eigenvalue weighted by Crippen LogP contribution is -2.24. The molecule has 0 spiro atoms. The standard InChI is InChI=1S/C25H20ClN3O4/c1-15-9-16(2)11-21(10-15)33-22-14-27-29(20-8-4-6-18(26)13-20)24(30)23(22)28-19-7-3-5-17(12-19)25(31)32/h3-14,28H,1-2H3,(H,31,32). The molecule has 166 valence electrons. The van der Waals surface area contributed by atoms with Crippen molar-refractivity contribution in [3.05, 3.63) is 105 Å². The van der Waals surface area contributed by atoms with Gasteiger partial charge in [0.1, 0.15) is 5.75 Å². The summed E-state index contributed by atoms with van der Waals surface area (Å²) in [7, 11) is 0. The molecule has 7 nitrogen and oxygen atoms in total. The fourth-order valence-corrected chi connectivity index (χ4v) is 3.60. The Morgan fingerprint density at radius 3 is 2.45 bits per heavy atom. The third kappa shape index (κ3) is 5.05. The van der Waals surface area contributed by atoms with Gasteiger partial charge in [0.15, 0.2) is 11.4 Å². The molecule has 0 saturated carbocycles. The molecule has 8 heteroatoms. The minimum atomic E-state index is -1.07. The Hall–Kier alpha value is -4.10. The van der Waals surface area contributed by atoms with Gasteiger partial charge in [0.25, 0.3) is 5.56 Å². The van der Waals surface area contributed by atoms with Gasteiger partial charge in [-0.3, -0.25) is 4.79 Å². The molecule has 0 bridgehead atoms. The SMILES string of the molecule is Cc1cc(C)cc(Oc2cnn(-c3cccc(Cl)c3)c(=O)c2Nc2cccc(C(=O)O)c2)c1. The maximum absolute atomic E-state index is 13.4. The highest BCUT2D eigenvalue weighted by molar-refractivity contribution is 6.30. The van der Waals surface area contributed by atoms with Crippen LogP contribution in [0.25, 0.3) is 5.69 Å². The maximum Gasteiger partial charge on any atom is 0.335 e. The summed E-state index contributed by atoms with van der Waals surface area (Å²) in [5.41, 5.74) is 2.62. The average molecular weight is 462 g/mol. The van der Waals surface area contributed by atoms with Gasteiger partial charge in [-0.1, -0.05) is 29.8 Å². The molecule has 0 aliphatic rings. The number of carboxylic acid groups (broad SMARTS) is 1. The van der Waals surface area contributed by atoms with E-state index in [-0.39, 0.29) is 17.0 Å². The van der Waals surface area contributed by atoms with E-state index in [0.29, 0.717) is 22.1 Å². The molecule has 33 heavy (non-hydrogen) atoms. The van der Waals surface area contributed by atoms with Crippen LogP contribution < -0.4 is 15.6 Å². The van der Waals surface area contributed by atoms with Gasteiger partial charge in [0.2, 0.25) is 0 Å². The number of nitrogens with zero attached hydrogens (tertiary/aromatic N) is 2. The van der Waals surface area contributed by atoms with Gasteiger partial charge in [-0.15, -0.1) is 0 Å². The quantitative estimate of drug-likeness (QED) is 0.380. The van der Waals surface area contributed by atoms with Crippen LogP contribution in [0.5, 0.6) is 11.5 Å². The van der Waals surface area contributed by atoms with Crippen molar-refractivity contribution in [3.63, 3.8) is 0 Å². The van der Waals surface area contributed by atoms with Crippen LogP contribution in [-0.4, -0.2) is 20.9 Å². The lowest BCUT2D eigenvalue weighted by molar-refractivity contribution is 0.0697. The number of rotatable bonds is 6. The highest BCUT2D eigenvalue weighted by Gasteiger charge is 2.16. The van der Waals surface area contributed by atoms with Crippen molar-refractivity contribution < 1.29 is 14.6 Å². The molecule has 0 aliphatic carbocycles.